The standard InChI is InChI=1S/C13H12ClNO2/c14-11-6-13(16)15(8-11)7-9-1-2-12-10(5-9)3-4-17-12/h1-5,11H,6-8H2. The van der Waals surface area contributed by atoms with E-state index in [1.165, 1.54) is 0 Å². The summed E-state index contributed by atoms with van der Waals surface area (Å²) in [5.41, 5.74) is 1.98. The SMILES string of the molecule is O=C1CC(Cl)CN1Cc1ccc2occc2c1. The highest BCUT2D eigenvalue weighted by Crippen LogP contribution is 2.21. The van der Waals surface area contributed by atoms with Crippen LogP contribution in [0.1, 0.15) is 12.0 Å². The summed E-state index contributed by atoms with van der Waals surface area (Å²) in [5, 5.41) is 1.02. The number of likely N-dealkylation sites (tertiary alicyclic amines) is 1. The van der Waals surface area contributed by atoms with Crippen molar-refractivity contribution in [1.82, 2.24) is 4.90 Å². The number of fused-ring (bicyclic) bond motifs is 1. The van der Waals surface area contributed by atoms with Crippen LogP contribution in [0.2, 0.25) is 0 Å². The van der Waals surface area contributed by atoms with E-state index in [1.54, 1.807) is 11.2 Å². The van der Waals surface area contributed by atoms with Gasteiger partial charge in [-0.2, -0.15) is 0 Å². The predicted octanol–water partition coefficient (Wildman–Crippen LogP) is 2.77. The molecular formula is C13H12ClNO2. The van der Waals surface area contributed by atoms with E-state index in [9.17, 15) is 4.79 Å². The van der Waals surface area contributed by atoms with E-state index in [1.807, 2.05) is 24.3 Å². The molecule has 0 spiro atoms. The molecule has 0 bridgehead atoms. The van der Waals surface area contributed by atoms with Crippen LogP contribution >= 0.6 is 11.6 Å². The van der Waals surface area contributed by atoms with Crippen LogP contribution < -0.4 is 0 Å². The first-order chi connectivity index (χ1) is 8.22. The smallest absolute Gasteiger partial charge is 0.224 e. The quantitative estimate of drug-likeness (QED) is 0.767. The number of hydrogen-bond donors (Lipinski definition) is 0. The molecule has 1 aliphatic rings. The van der Waals surface area contributed by atoms with Crippen molar-refractivity contribution in [1.29, 1.82) is 0 Å². The van der Waals surface area contributed by atoms with Gasteiger partial charge >= 0.3 is 0 Å². The Hall–Kier alpha value is -1.48. The zero-order valence-corrected chi connectivity index (χ0v) is 9.98. The lowest BCUT2D eigenvalue weighted by Gasteiger charge is -2.15. The van der Waals surface area contributed by atoms with Crippen molar-refractivity contribution >= 4 is 28.5 Å². The van der Waals surface area contributed by atoms with E-state index in [2.05, 4.69) is 0 Å². The monoisotopic (exact) mass is 249 g/mol. The Labute approximate surface area is 104 Å². The van der Waals surface area contributed by atoms with Gasteiger partial charge in [-0.25, -0.2) is 0 Å². The maximum Gasteiger partial charge on any atom is 0.224 e. The van der Waals surface area contributed by atoms with Crippen molar-refractivity contribution in [2.24, 2.45) is 0 Å². The second-order valence-corrected chi connectivity index (χ2v) is 4.99. The van der Waals surface area contributed by atoms with Gasteiger partial charge in [0.05, 0.1) is 11.6 Å². The van der Waals surface area contributed by atoms with Gasteiger partial charge in [-0.3, -0.25) is 4.79 Å². The Kier molecular flexibility index (Phi) is 2.56. The largest absolute Gasteiger partial charge is 0.464 e. The Morgan fingerprint density at radius 2 is 2.29 bits per heavy atom. The molecule has 1 atom stereocenters. The Morgan fingerprint density at radius 1 is 1.41 bits per heavy atom. The van der Waals surface area contributed by atoms with Crippen LogP contribution in [0.25, 0.3) is 11.0 Å². The van der Waals surface area contributed by atoms with E-state index in [0.717, 1.165) is 16.5 Å². The van der Waals surface area contributed by atoms with Crippen LogP contribution in [0.3, 0.4) is 0 Å². The molecule has 1 aromatic heterocycles. The summed E-state index contributed by atoms with van der Waals surface area (Å²) in [4.78, 5) is 13.4. The second-order valence-electron chi connectivity index (χ2n) is 4.37. The zero-order chi connectivity index (χ0) is 11.8. The first-order valence-electron chi connectivity index (χ1n) is 5.60. The average Bonchev–Trinajstić information content (AvgIpc) is 2.85. The van der Waals surface area contributed by atoms with Crippen molar-refractivity contribution in [3.63, 3.8) is 0 Å². The molecule has 0 radical (unpaired) electrons. The highest BCUT2D eigenvalue weighted by molar-refractivity contribution is 6.22. The lowest BCUT2D eigenvalue weighted by molar-refractivity contribution is -0.128. The Bertz CT molecular complexity index is 563. The van der Waals surface area contributed by atoms with Gasteiger partial charge in [0.1, 0.15) is 5.58 Å². The molecule has 2 heterocycles. The Balaban J connectivity index is 1.82. The highest BCUT2D eigenvalue weighted by Gasteiger charge is 2.27. The number of carbonyl (C=O) groups is 1. The lowest BCUT2D eigenvalue weighted by Crippen LogP contribution is -2.24. The molecule has 3 rings (SSSR count). The molecule has 1 unspecified atom stereocenters. The van der Waals surface area contributed by atoms with E-state index >= 15 is 0 Å². The second kappa shape index (κ2) is 4.08. The molecule has 1 aromatic carbocycles. The van der Waals surface area contributed by atoms with Gasteiger partial charge in [0.2, 0.25) is 5.91 Å². The summed E-state index contributed by atoms with van der Waals surface area (Å²) in [6.07, 6.45) is 2.12. The minimum Gasteiger partial charge on any atom is -0.464 e. The van der Waals surface area contributed by atoms with Crippen LogP contribution in [0.15, 0.2) is 34.9 Å². The molecule has 0 saturated carbocycles. The number of furan rings is 1. The number of alkyl halides is 1. The summed E-state index contributed by atoms with van der Waals surface area (Å²) in [6, 6.07) is 7.90. The van der Waals surface area contributed by atoms with Gasteiger partial charge in [0.15, 0.2) is 0 Å². The van der Waals surface area contributed by atoms with Gasteiger partial charge in [0.25, 0.3) is 0 Å². The zero-order valence-electron chi connectivity index (χ0n) is 9.23. The number of carbonyl (C=O) groups excluding carboxylic acids is 1. The molecule has 3 nitrogen and oxygen atoms in total. The van der Waals surface area contributed by atoms with Crippen molar-refractivity contribution < 1.29 is 9.21 Å². The van der Waals surface area contributed by atoms with Crippen molar-refractivity contribution in [2.75, 3.05) is 6.54 Å². The van der Waals surface area contributed by atoms with Crippen LogP contribution in [0.5, 0.6) is 0 Å². The van der Waals surface area contributed by atoms with Gasteiger partial charge in [-0.1, -0.05) is 6.07 Å². The minimum atomic E-state index is -0.0415. The van der Waals surface area contributed by atoms with Gasteiger partial charge in [-0.05, 0) is 23.8 Å². The number of benzene rings is 1. The highest BCUT2D eigenvalue weighted by atomic mass is 35.5. The Morgan fingerprint density at radius 3 is 3.06 bits per heavy atom. The summed E-state index contributed by atoms with van der Waals surface area (Å²) in [7, 11) is 0. The number of hydrogen-bond acceptors (Lipinski definition) is 2. The van der Waals surface area contributed by atoms with Crippen LogP contribution in [-0.2, 0) is 11.3 Å². The number of rotatable bonds is 2. The summed E-state index contributed by atoms with van der Waals surface area (Å²) >= 11 is 5.97. The average molecular weight is 250 g/mol. The molecule has 88 valence electrons. The van der Waals surface area contributed by atoms with Crippen molar-refractivity contribution in [2.45, 2.75) is 18.3 Å². The van der Waals surface area contributed by atoms with Gasteiger partial charge < -0.3 is 9.32 Å². The normalized spacial score (nSPS) is 20.4. The first kappa shape index (κ1) is 10.7. The molecule has 0 aliphatic carbocycles. The molecule has 0 N–H and O–H groups in total. The van der Waals surface area contributed by atoms with E-state index < -0.39 is 0 Å². The van der Waals surface area contributed by atoms with E-state index in [4.69, 9.17) is 16.0 Å². The van der Waals surface area contributed by atoms with Crippen LogP contribution in [-0.4, -0.2) is 22.7 Å². The van der Waals surface area contributed by atoms with Crippen LogP contribution in [0, 0.1) is 0 Å². The molecular weight excluding hydrogens is 238 g/mol. The topological polar surface area (TPSA) is 33.5 Å². The van der Waals surface area contributed by atoms with Gasteiger partial charge in [0, 0.05) is 24.9 Å². The predicted molar refractivity (Wildman–Crippen MR) is 65.9 cm³/mol. The molecule has 1 fully saturated rings. The number of halogens is 1. The fourth-order valence-electron chi connectivity index (χ4n) is 2.21. The third-order valence-electron chi connectivity index (χ3n) is 3.06. The first-order valence-corrected chi connectivity index (χ1v) is 6.04. The fourth-order valence-corrected chi connectivity index (χ4v) is 2.51. The fraction of sp³-hybridized carbons (Fsp3) is 0.308. The molecule has 1 amide bonds. The number of amides is 1. The van der Waals surface area contributed by atoms with E-state index in [0.29, 0.717) is 19.5 Å². The molecule has 1 aliphatic heterocycles. The van der Waals surface area contributed by atoms with E-state index in [-0.39, 0.29) is 11.3 Å². The van der Waals surface area contributed by atoms with Crippen LogP contribution in [0.4, 0.5) is 0 Å². The van der Waals surface area contributed by atoms with Gasteiger partial charge in [-0.15, -0.1) is 11.6 Å². The van der Waals surface area contributed by atoms with Crippen molar-refractivity contribution in [3.8, 4) is 0 Å². The summed E-state index contributed by atoms with van der Waals surface area (Å²) < 4.78 is 5.28. The molecule has 17 heavy (non-hydrogen) atoms. The molecule has 1 saturated heterocycles. The minimum absolute atomic E-state index is 0.0415. The third kappa shape index (κ3) is 2.03. The molecule has 4 heteroatoms. The summed E-state index contributed by atoms with van der Waals surface area (Å²) in [5.74, 6) is 0.136. The lowest BCUT2D eigenvalue weighted by atomic mass is 10.1. The third-order valence-corrected chi connectivity index (χ3v) is 3.35. The summed E-state index contributed by atoms with van der Waals surface area (Å²) in [6.45, 7) is 1.27. The maximum absolute atomic E-state index is 11.6. The molecule has 2 aromatic rings. The number of nitrogens with zero attached hydrogens (tertiary/aromatic N) is 1. The maximum atomic E-state index is 11.6. The van der Waals surface area contributed by atoms with Crippen molar-refractivity contribution in [3.05, 3.63) is 36.1 Å².